The Labute approximate surface area is 106 Å². The number of aliphatic hydroxyl groups is 1. The highest BCUT2D eigenvalue weighted by Crippen LogP contribution is 2.25. The smallest absolute Gasteiger partial charge is 0.328 e. The standard InChI is InChI=1S/C12H20N2O4/c1-13-4-3-8(6-13)11(16)14-7-9(15)5-10(14)12(17)18-2/h8-10,15H,3-7H2,1-2H3. The highest BCUT2D eigenvalue weighted by Gasteiger charge is 2.42. The minimum absolute atomic E-state index is 0.0358. The third kappa shape index (κ3) is 2.49. The Balaban J connectivity index is 2.05. The first kappa shape index (κ1) is 13.3. The molecule has 18 heavy (non-hydrogen) atoms. The van der Waals surface area contributed by atoms with E-state index in [-0.39, 0.29) is 24.8 Å². The molecule has 2 rings (SSSR count). The first-order valence-corrected chi connectivity index (χ1v) is 6.28. The van der Waals surface area contributed by atoms with E-state index in [1.165, 1.54) is 12.0 Å². The molecule has 0 aromatic carbocycles. The Bertz CT molecular complexity index is 347. The van der Waals surface area contributed by atoms with Crippen molar-refractivity contribution in [3.63, 3.8) is 0 Å². The van der Waals surface area contributed by atoms with Gasteiger partial charge >= 0.3 is 5.97 Å². The lowest BCUT2D eigenvalue weighted by molar-refractivity contribution is -0.152. The lowest BCUT2D eigenvalue weighted by atomic mass is 10.1. The van der Waals surface area contributed by atoms with E-state index < -0.39 is 18.1 Å². The van der Waals surface area contributed by atoms with Crippen molar-refractivity contribution < 1.29 is 19.4 Å². The van der Waals surface area contributed by atoms with Crippen LogP contribution < -0.4 is 0 Å². The van der Waals surface area contributed by atoms with Gasteiger partial charge in [0.15, 0.2) is 0 Å². The highest BCUT2D eigenvalue weighted by atomic mass is 16.5. The van der Waals surface area contributed by atoms with E-state index in [0.717, 1.165) is 19.5 Å². The lowest BCUT2D eigenvalue weighted by Crippen LogP contribution is -2.44. The van der Waals surface area contributed by atoms with Crippen molar-refractivity contribution >= 4 is 11.9 Å². The van der Waals surface area contributed by atoms with Crippen LogP contribution in [-0.4, -0.2) is 72.7 Å². The van der Waals surface area contributed by atoms with Gasteiger partial charge in [0, 0.05) is 19.5 Å². The third-order valence-corrected chi connectivity index (χ3v) is 3.78. The van der Waals surface area contributed by atoms with Gasteiger partial charge in [0.25, 0.3) is 0 Å². The fourth-order valence-corrected chi connectivity index (χ4v) is 2.79. The fourth-order valence-electron chi connectivity index (χ4n) is 2.79. The molecule has 0 spiro atoms. The van der Waals surface area contributed by atoms with Crippen molar-refractivity contribution in [3.05, 3.63) is 0 Å². The highest BCUT2D eigenvalue weighted by molar-refractivity contribution is 5.86. The molecule has 0 bridgehead atoms. The number of hydrogen-bond donors (Lipinski definition) is 1. The fraction of sp³-hybridized carbons (Fsp3) is 0.833. The van der Waals surface area contributed by atoms with E-state index in [0.29, 0.717) is 0 Å². The molecule has 3 atom stereocenters. The molecule has 0 aromatic rings. The molecular formula is C12H20N2O4. The van der Waals surface area contributed by atoms with Crippen LogP contribution in [0.3, 0.4) is 0 Å². The Morgan fingerprint density at radius 3 is 2.61 bits per heavy atom. The Kier molecular flexibility index (Phi) is 3.87. The number of esters is 1. The number of hydrogen-bond acceptors (Lipinski definition) is 5. The Morgan fingerprint density at radius 2 is 2.06 bits per heavy atom. The molecule has 2 saturated heterocycles. The second-order valence-corrected chi connectivity index (χ2v) is 5.17. The van der Waals surface area contributed by atoms with Gasteiger partial charge in [-0.05, 0) is 20.0 Å². The zero-order valence-electron chi connectivity index (χ0n) is 10.8. The molecule has 102 valence electrons. The summed E-state index contributed by atoms with van der Waals surface area (Å²) in [6.07, 6.45) is 0.466. The van der Waals surface area contributed by atoms with Crippen molar-refractivity contribution in [2.75, 3.05) is 33.8 Å². The molecule has 0 aliphatic carbocycles. The third-order valence-electron chi connectivity index (χ3n) is 3.78. The molecule has 6 nitrogen and oxygen atoms in total. The number of β-amino-alcohol motifs (C(OH)–C–C–N with tert-alkyl or cyclic N) is 1. The molecule has 1 amide bonds. The normalized spacial score (nSPS) is 32.8. The van der Waals surface area contributed by atoms with Crippen molar-refractivity contribution in [1.82, 2.24) is 9.80 Å². The number of ether oxygens (including phenoxy) is 1. The van der Waals surface area contributed by atoms with Gasteiger partial charge in [-0.2, -0.15) is 0 Å². The van der Waals surface area contributed by atoms with E-state index >= 15 is 0 Å². The predicted octanol–water partition coefficient (Wildman–Crippen LogP) is -0.927. The SMILES string of the molecule is COC(=O)C1CC(O)CN1C(=O)C1CCN(C)C1. The molecule has 0 radical (unpaired) electrons. The van der Waals surface area contributed by atoms with E-state index in [4.69, 9.17) is 4.74 Å². The van der Waals surface area contributed by atoms with Gasteiger partial charge in [-0.3, -0.25) is 4.79 Å². The van der Waals surface area contributed by atoms with E-state index in [9.17, 15) is 14.7 Å². The van der Waals surface area contributed by atoms with Gasteiger partial charge in [0.2, 0.25) is 5.91 Å². The Morgan fingerprint density at radius 1 is 1.33 bits per heavy atom. The van der Waals surface area contributed by atoms with Gasteiger partial charge in [-0.1, -0.05) is 0 Å². The average molecular weight is 256 g/mol. The zero-order valence-corrected chi connectivity index (χ0v) is 10.8. The largest absolute Gasteiger partial charge is 0.467 e. The summed E-state index contributed by atoms with van der Waals surface area (Å²) in [5.74, 6) is -0.537. The molecule has 2 heterocycles. The van der Waals surface area contributed by atoms with E-state index in [1.807, 2.05) is 7.05 Å². The molecule has 2 fully saturated rings. The van der Waals surface area contributed by atoms with E-state index in [1.54, 1.807) is 0 Å². The zero-order chi connectivity index (χ0) is 13.3. The number of rotatable bonds is 2. The molecular weight excluding hydrogens is 236 g/mol. The molecule has 0 saturated carbocycles. The van der Waals surface area contributed by atoms with Crippen molar-refractivity contribution in [3.8, 4) is 0 Å². The average Bonchev–Trinajstić information content (AvgIpc) is 2.93. The van der Waals surface area contributed by atoms with E-state index in [2.05, 4.69) is 4.90 Å². The van der Waals surface area contributed by atoms with Gasteiger partial charge < -0.3 is 19.6 Å². The summed E-state index contributed by atoms with van der Waals surface area (Å²) in [6.45, 7) is 1.85. The van der Waals surface area contributed by atoms with Crippen molar-refractivity contribution in [2.24, 2.45) is 5.92 Å². The maximum Gasteiger partial charge on any atom is 0.328 e. The van der Waals surface area contributed by atoms with Crippen LogP contribution in [0.15, 0.2) is 0 Å². The van der Waals surface area contributed by atoms with Crippen molar-refractivity contribution in [2.45, 2.75) is 25.0 Å². The minimum atomic E-state index is -0.628. The van der Waals surface area contributed by atoms with Gasteiger partial charge in [0.1, 0.15) is 6.04 Å². The number of amides is 1. The number of carbonyl (C=O) groups excluding carboxylic acids is 2. The topological polar surface area (TPSA) is 70.1 Å². The predicted molar refractivity (Wildman–Crippen MR) is 63.7 cm³/mol. The lowest BCUT2D eigenvalue weighted by Gasteiger charge is -2.25. The second-order valence-electron chi connectivity index (χ2n) is 5.17. The van der Waals surface area contributed by atoms with Gasteiger partial charge in [-0.15, -0.1) is 0 Å². The number of carbonyl (C=O) groups is 2. The molecule has 2 aliphatic rings. The summed E-state index contributed by atoms with van der Waals surface area (Å²) in [4.78, 5) is 27.6. The van der Waals surface area contributed by atoms with Gasteiger partial charge in [-0.25, -0.2) is 4.79 Å². The number of likely N-dealkylation sites (tertiary alicyclic amines) is 2. The summed E-state index contributed by atoms with van der Waals surface area (Å²) >= 11 is 0. The van der Waals surface area contributed by atoms with Crippen LogP contribution in [0, 0.1) is 5.92 Å². The van der Waals surface area contributed by atoms with Crippen LogP contribution in [0.25, 0.3) is 0 Å². The summed E-state index contributed by atoms with van der Waals surface area (Å²) in [5.41, 5.74) is 0. The first-order chi connectivity index (χ1) is 8.52. The first-order valence-electron chi connectivity index (χ1n) is 6.28. The maximum absolute atomic E-state index is 12.3. The summed E-state index contributed by atoms with van der Waals surface area (Å²) in [6, 6.07) is -0.622. The Hall–Kier alpha value is -1.14. The number of methoxy groups -OCH3 is 1. The molecule has 1 N–H and O–H groups in total. The second kappa shape index (κ2) is 5.24. The number of nitrogens with zero attached hydrogens (tertiary/aromatic N) is 2. The van der Waals surface area contributed by atoms with Crippen LogP contribution in [0.4, 0.5) is 0 Å². The molecule has 2 aliphatic heterocycles. The van der Waals surface area contributed by atoms with Crippen molar-refractivity contribution in [1.29, 1.82) is 0 Å². The summed E-state index contributed by atoms with van der Waals surface area (Å²) in [5, 5.41) is 9.65. The van der Waals surface area contributed by atoms with Crippen LogP contribution in [0.5, 0.6) is 0 Å². The van der Waals surface area contributed by atoms with Crippen LogP contribution >= 0.6 is 0 Å². The van der Waals surface area contributed by atoms with Crippen LogP contribution in [0.1, 0.15) is 12.8 Å². The van der Waals surface area contributed by atoms with Gasteiger partial charge in [0.05, 0.1) is 19.1 Å². The molecule has 0 aromatic heterocycles. The quantitative estimate of drug-likeness (QED) is 0.647. The minimum Gasteiger partial charge on any atom is -0.467 e. The summed E-state index contributed by atoms with van der Waals surface area (Å²) < 4.78 is 4.69. The number of aliphatic hydroxyl groups excluding tert-OH is 1. The summed E-state index contributed by atoms with van der Waals surface area (Å²) in [7, 11) is 3.28. The molecule has 6 heteroatoms. The molecule has 3 unspecified atom stereocenters. The van der Waals surface area contributed by atoms with Crippen LogP contribution in [-0.2, 0) is 14.3 Å². The maximum atomic E-state index is 12.3. The monoisotopic (exact) mass is 256 g/mol. The van der Waals surface area contributed by atoms with Crippen LogP contribution in [0.2, 0.25) is 0 Å².